The van der Waals surface area contributed by atoms with Crippen LogP contribution < -0.4 is 5.73 Å². The Morgan fingerprint density at radius 2 is 2.21 bits per heavy atom. The second kappa shape index (κ2) is 2.58. The van der Waals surface area contributed by atoms with Crippen molar-refractivity contribution in [3.05, 3.63) is 35.8 Å². The van der Waals surface area contributed by atoms with E-state index in [1.54, 1.807) is 6.07 Å². The molecule has 2 aromatic rings. The summed E-state index contributed by atoms with van der Waals surface area (Å²) in [5.74, 6) is 0.193. The van der Waals surface area contributed by atoms with Crippen LogP contribution in [0.5, 0.6) is 0 Å². The molecule has 72 valence electrons. The average molecular weight is 190 g/mol. The first-order chi connectivity index (χ1) is 6.77. The quantitative estimate of drug-likeness (QED) is 0.710. The van der Waals surface area contributed by atoms with Gasteiger partial charge in [0.25, 0.3) is 0 Å². The fourth-order valence-corrected chi connectivity index (χ4v) is 2.03. The number of fused-ring (bicyclic) bond motifs is 1. The second-order valence-corrected chi connectivity index (χ2v) is 3.91. The number of rotatable bonds is 1. The van der Waals surface area contributed by atoms with Gasteiger partial charge in [-0.1, -0.05) is 6.07 Å². The molecule has 1 aliphatic rings. The molecule has 1 fully saturated rings. The standard InChI is InChI=1S/C11H11FN2/c12-8-2-1-3-10-11(8)7(5-14-10)6-4-9(6)13/h1-3,5-6,9,14H,4,13H2/t6-,9+/m0/s1. The fraction of sp³-hybridized carbons (Fsp3) is 0.273. The number of halogens is 1. The molecule has 0 bridgehead atoms. The predicted molar refractivity (Wildman–Crippen MR) is 53.6 cm³/mol. The Morgan fingerprint density at radius 1 is 1.43 bits per heavy atom. The van der Waals surface area contributed by atoms with Gasteiger partial charge in [0, 0.05) is 29.1 Å². The van der Waals surface area contributed by atoms with Crippen molar-refractivity contribution in [1.29, 1.82) is 0 Å². The van der Waals surface area contributed by atoms with Crippen LogP contribution in [-0.4, -0.2) is 11.0 Å². The minimum atomic E-state index is -0.155. The van der Waals surface area contributed by atoms with E-state index in [0.29, 0.717) is 11.3 Å². The molecule has 0 unspecified atom stereocenters. The molecule has 0 aliphatic heterocycles. The Balaban J connectivity index is 2.25. The Kier molecular flexibility index (Phi) is 1.47. The van der Waals surface area contributed by atoms with Crippen molar-refractivity contribution in [3.63, 3.8) is 0 Å². The van der Waals surface area contributed by atoms with E-state index in [4.69, 9.17) is 5.73 Å². The van der Waals surface area contributed by atoms with Crippen LogP contribution in [-0.2, 0) is 0 Å². The van der Waals surface area contributed by atoms with Gasteiger partial charge in [-0.25, -0.2) is 4.39 Å². The Hall–Kier alpha value is -1.35. The van der Waals surface area contributed by atoms with E-state index in [1.807, 2.05) is 12.3 Å². The summed E-state index contributed by atoms with van der Waals surface area (Å²) >= 11 is 0. The van der Waals surface area contributed by atoms with Crippen LogP contribution in [0, 0.1) is 5.82 Å². The minimum Gasteiger partial charge on any atom is -0.361 e. The Bertz CT molecular complexity index is 489. The zero-order chi connectivity index (χ0) is 9.71. The number of H-pyrrole nitrogens is 1. The van der Waals surface area contributed by atoms with Gasteiger partial charge in [-0.3, -0.25) is 0 Å². The molecule has 0 spiro atoms. The molecule has 1 saturated carbocycles. The van der Waals surface area contributed by atoms with E-state index in [-0.39, 0.29) is 11.9 Å². The van der Waals surface area contributed by atoms with Crippen LogP contribution in [0.4, 0.5) is 4.39 Å². The first kappa shape index (κ1) is 8.00. The van der Waals surface area contributed by atoms with Crippen molar-refractivity contribution in [3.8, 4) is 0 Å². The smallest absolute Gasteiger partial charge is 0.132 e. The summed E-state index contributed by atoms with van der Waals surface area (Å²) in [4.78, 5) is 3.08. The van der Waals surface area contributed by atoms with E-state index in [9.17, 15) is 4.39 Å². The second-order valence-electron chi connectivity index (χ2n) is 3.91. The molecule has 1 heterocycles. The highest BCUT2D eigenvalue weighted by Crippen LogP contribution is 2.42. The lowest BCUT2D eigenvalue weighted by Crippen LogP contribution is -2.00. The van der Waals surface area contributed by atoms with Crippen molar-refractivity contribution < 1.29 is 4.39 Å². The molecule has 3 rings (SSSR count). The SMILES string of the molecule is N[C@@H]1C[C@H]1c1c[nH]c2cccc(F)c12. The third kappa shape index (κ3) is 0.990. The maximum atomic E-state index is 13.5. The van der Waals surface area contributed by atoms with Crippen LogP contribution in [0.2, 0.25) is 0 Å². The predicted octanol–water partition coefficient (Wildman–Crippen LogP) is 2.12. The van der Waals surface area contributed by atoms with E-state index in [2.05, 4.69) is 4.98 Å². The minimum absolute atomic E-state index is 0.155. The molecule has 2 nitrogen and oxygen atoms in total. The van der Waals surface area contributed by atoms with Crippen molar-refractivity contribution >= 4 is 10.9 Å². The number of aromatic nitrogens is 1. The van der Waals surface area contributed by atoms with Crippen LogP contribution in [0.15, 0.2) is 24.4 Å². The highest BCUT2D eigenvalue weighted by atomic mass is 19.1. The van der Waals surface area contributed by atoms with Gasteiger partial charge in [0.2, 0.25) is 0 Å². The van der Waals surface area contributed by atoms with Crippen molar-refractivity contribution in [2.24, 2.45) is 5.73 Å². The highest BCUT2D eigenvalue weighted by Gasteiger charge is 2.36. The van der Waals surface area contributed by atoms with Crippen molar-refractivity contribution in [1.82, 2.24) is 4.98 Å². The molecule has 0 saturated heterocycles. The summed E-state index contributed by atoms with van der Waals surface area (Å²) in [5.41, 5.74) is 7.66. The van der Waals surface area contributed by atoms with E-state index in [0.717, 1.165) is 17.5 Å². The molecule has 3 heteroatoms. The first-order valence-corrected chi connectivity index (χ1v) is 4.78. The van der Waals surface area contributed by atoms with Crippen molar-refractivity contribution in [2.45, 2.75) is 18.4 Å². The van der Waals surface area contributed by atoms with Crippen molar-refractivity contribution in [2.75, 3.05) is 0 Å². The van der Waals surface area contributed by atoms with E-state index in [1.165, 1.54) is 6.07 Å². The van der Waals surface area contributed by atoms with Gasteiger partial charge in [-0.2, -0.15) is 0 Å². The van der Waals surface area contributed by atoms with Crippen LogP contribution in [0.1, 0.15) is 17.9 Å². The Morgan fingerprint density at radius 3 is 2.93 bits per heavy atom. The lowest BCUT2D eigenvalue weighted by molar-refractivity contribution is 0.639. The molecule has 1 aromatic heterocycles. The maximum Gasteiger partial charge on any atom is 0.132 e. The normalized spacial score (nSPS) is 25.6. The molecule has 1 aliphatic carbocycles. The zero-order valence-electron chi connectivity index (χ0n) is 7.63. The summed E-state index contributed by atoms with van der Waals surface area (Å²) < 4.78 is 13.5. The lowest BCUT2D eigenvalue weighted by atomic mass is 10.1. The first-order valence-electron chi connectivity index (χ1n) is 4.78. The summed E-state index contributed by atoms with van der Waals surface area (Å²) in [6.07, 6.45) is 2.85. The lowest BCUT2D eigenvalue weighted by Gasteiger charge is -1.97. The number of aromatic amines is 1. The van der Waals surface area contributed by atoms with Crippen LogP contribution in [0.25, 0.3) is 10.9 Å². The highest BCUT2D eigenvalue weighted by molar-refractivity contribution is 5.84. The van der Waals surface area contributed by atoms with Gasteiger partial charge >= 0.3 is 0 Å². The third-order valence-corrected chi connectivity index (χ3v) is 2.92. The van der Waals surface area contributed by atoms with Gasteiger partial charge in [0.05, 0.1) is 0 Å². The summed E-state index contributed by atoms with van der Waals surface area (Å²) in [7, 11) is 0. The molecule has 1 aromatic carbocycles. The average Bonchev–Trinajstić information content (AvgIpc) is 2.75. The van der Waals surface area contributed by atoms with Gasteiger partial charge in [0.1, 0.15) is 5.82 Å². The maximum absolute atomic E-state index is 13.5. The Labute approximate surface area is 80.9 Å². The molecule has 2 atom stereocenters. The largest absolute Gasteiger partial charge is 0.361 e. The molecule has 3 N–H and O–H groups in total. The molecule has 0 radical (unpaired) electrons. The van der Waals surface area contributed by atoms with Gasteiger partial charge in [-0.05, 0) is 24.1 Å². The summed E-state index contributed by atoms with van der Waals surface area (Å²) in [6, 6.07) is 5.31. The zero-order valence-corrected chi connectivity index (χ0v) is 7.63. The number of hydrogen-bond acceptors (Lipinski definition) is 1. The number of hydrogen-bond donors (Lipinski definition) is 2. The topological polar surface area (TPSA) is 41.8 Å². The molecular weight excluding hydrogens is 179 g/mol. The van der Waals surface area contributed by atoms with Gasteiger partial charge in [-0.15, -0.1) is 0 Å². The third-order valence-electron chi connectivity index (χ3n) is 2.92. The molecule has 14 heavy (non-hydrogen) atoms. The van der Waals surface area contributed by atoms with Crippen LogP contribution in [0.3, 0.4) is 0 Å². The molecular formula is C11H11FN2. The molecule has 0 amide bonds. The van der Waals surface area contributed by atoms with Crippen LogP contribution >= 0.6 is 0 Å². The monoisotopic (exact) mass is 190 g/mol. The number of nitrogens with two attached hydrogens (primary N) is 1. The van der Waals surface area contributed by atoms with Gasteiger partial charge in [0.15, 0.2) is 0 Å². The van der Waals surface area contributed by atoms with E-state index >= 15 is 0 Å². The number of benzene rings is 1. The van der Waals surface area contributed by atoms with Gasteiger partial charge < -0.3 is 10.7 Å². The summed E-state index contributed by atoms with van der Waals surface area (Å²) in [6.45, 7) is 0. The summed E-state index contributed by atoms with van der Waals surface area (Å²) in [5, 5.41) is 0.713. The number of nitrogens with one attached hydrogen (secondary N) is 1. The van der Waals surface area contributed by atoms with E-state index < -0.39 is 0 Å². The fourth-order valence-electron chi connectivity index (χ4n) is 2.03.